The van der Waals surface area contributed by atoms with Crippen molar-refractivity contribution in [2.45, 2.75) is 58.9 Å². The van der Waals surface area contributed by atoms with Crippen molar-refractivity contribution in [2.75, 3.05) is 6.54 Å². The zero-order chi connectivity index (χ0) is 14.1. The molecule has 1 aromatic rings. The van der Waals surface area contributed by atoms with Crippen molar-refractivity contribution in [1.82, 2.24) is 5.32 Å². The van der Waals surface area contributed by atoms with Crippen LogP contribution in [0, 0.1) is 11.7 Å². The molecule has 0 fully saturated rings. The van der Waals surface area contributed by atoms with Gasteiger partial charge in [0, 0.05) is 6.04 Å². The fraction of sp³-hybridized carbons (Fsp3) is 0.647. The molecule has 0 aliphatic heterocycles. The Morgan fingerprint density at radius 3 is 2.68 bits per heavy atom. The number of nitrogens with one attached hydrogen (secondary N) is 1. The zero-order valence-corrected chi connectivity index (χ0v) is 12.6. The van der Waals surface area contributed by atoms with Crippen molar-refractivity contribution in [3.8, 4) is 0 Å². The minimum atomic E-state index is -0.140. The summed E-state index contributed by atoms with van der Waals surface area (Å²) in [5, 5.41) is 3.59. The van der Waals surface area contributed by atoms with Gasteiger partial charge in [-0.1, -0.05) is 45.2 Å². The monoisotopic (exact) mass is 265 g/mol. The van der Waals surface area contributed by atoms with E-state index in [1.807, 2.05) is 6.07 Å². The first kappa shape index (κ1) is 16.2. The smallest absolute Gasteiger partial charge is 0.123 e. The molecule has 0 spiro atoms. The summed E-state index contributed by atoms with van der Waals surface area (Å²) in [7, 11) is 0. The van der Waals surface area contributed by atoms with Crippen molar-refractivity contribution >= 4 is 0 Å². The van der Waals surface area contributed by atoms with Gasteiger partial charge in [-0.05, 0) is 49.9 Å². The summed E-state index contributed by atoms with van der Waals surface area (Å²) in [6, 6.07) is 7.31. The third kappa shape index (κ3) is 6.72. The van der Waals surface area contributed by atoms with Gasteiger partial charge >= 0.3 is 0 Å². The van der Waals surface area contributed by atoms with Crippen LogP contribution in [0.15, 0.2) is 24.3 Å². The Morgan fingerprint density at radius 2 is 2.05 bits per heavy atom. The van der Waals surface area contributed by atoms with E-state index < -0.39 is 0 Å². The molecule has 0 aromatic heterocycles. The number of hydrogen-bond donors (Lipinski definition) is 1. The third-order valence-corrected chi connectivity index (χ3v) is 3.73. The average Bonchev–Trinajstić information content (AvgIpc) is 2.39. The van der Waals surface area contributed by atoms with E-state index in [1.165, 1.54) is 31.7 Å². The molecule has 1 rings (SSSR count). The van der Waals surface area contributed by atoms with Gasteiger partial charge in [-0.3, -0.25) is 0 Å². The highest BCUT2D eigenvalue weighted by atomic mass is 19.1. The van der Waals surface area contributed by atoms with E-state index in [0.29, 0.717) is 6.04 Å². The molecule has 1 aromatic carbocycles. The lowest BCUT2D eigenvalue weighted by Gasteiger charge is -2.19. The Kier molecular flexibility index (Phi) is 7.73. The van der Waals surface area contributed by atoms with Crippen LogP contribution in [0.1, 0.15) is 52.0 Å². The van der Waals surface area contributed by atoms with Crippen molar-refractivity contribution in [3.63, 3.8) is 0 Å². The molecule has 1 nitrogen and oxygen atoms in total. The van der Waals surface area contributed by atoms with E-state index in [0.717, 1.165) is 24.4 Å². The topological polar surface area (TPSA) is 12.0 Å². The highest BCUT2D eigenvalue weighted by Gasteiger charge is 2.09. The summed E-state index contributed by atoms with van der Waals surface area (Å²) in [6.45, 7) is 7.76. The molecule has 2 heteroatoms. The largest absolute Gasteiger partial charge is 0.314 e. The summed E-state index contributed by atoms with van der Waals surface area (Å²) in [5.41, 5.74) is 1.07. The zero-order valence-electron chi connectivity index (χ0n) is 12.6. The van der Waals surface area contributed by atoms with Crippen molar-refractivity contribution < 1.29 is 4.39 Å². The first-order chi connectivity index (χ1) is 9.15. The predicted octanol–water partition coefficient (Wildman–Crippen LogP) is 4.56. The highest BCUT2D eigenvalue weighted by Crippen LogP contribution is 2.12. The number of halogens is 1. The van der Waals surface area contributed by atoms with E-state index in [9.17, 15) is 4.39 Å². The van der Waals surface area contributed by atoms with Crippen molar-refractivity contribution in [2.24, 2.45) is 5.92 Å². The van der Waals surface area contributed by atoms with Gasteiger partial charge in [-0.15, -0.1) is 0 Å². The highest BCUT2D eigenvalue weighted by molar-refractivity contribution is 5.17. The van der Waals surface area contributed by atoms with Crippen molar-refractivity contribution in [3.05, 3.63) is 35.6 Å². The molecule has 0 amide bonds. The summed E-state index contributed by atoms with van der Waals surface area (Å²) in [5.74, 6) is 0.633. The van der Waals surface area contributed by atoms with E-state index in [1.54, 1.807) is 12.1 Å². The van der Waals surface area contributed by atoms with Crippen LogP contribution in [0.2, 0.25) is 0 Å². The first-order valence-electron chi connectivity index (χ1n) is 7.63. The maximum atomic E-state index is 13.1. The van der Waals surface area contributed by atoms with Crippen LogP contribution in [-0.4, -0.2) is 12.6 Å². The second-order valence-corrected chi connectivity index (χ2v) is 5.56. The van der Waals surface area contributed by atoms with E-state index >= 15 is 0 Å². The van der Waals surface area contributed by atoms with Crippen LogP contribution < -0.4 is 5.32 Å². The molecule has 0 radical (unpaired) electrons. The van der Waals surface area contributed by atoms with Crippen LogP contribution >= 0.6 is 0 Å². The van der Waals surface area contributed by atoms with Gasteiger partial charge in [-0.2, -0.15) is 0 Å². The second-order valence-electron chi connectivity index (χ2n) is 5.56. The lowest BCUT2D eigenvalue weighted by atomic mass is 9.98. The molecule has 0 saturated carbocycles. The summed E-state index contributed by atoms with van der Waals surface area (Å²) in [6.07, 6.45) is 6.03. The van der Waals surface area contributed by atoms with E-state index in [-0.39, 0.29) is 5.82 Å². The molecule has 1 N–H and O–H groups in total. The molecular formula is C17H28FN. The molecule has 0 aliphatic carbocycles. The molecule has 0 aliphatic rings. The average molecular weight is 265 g/mol. The van der Waals surface area contributed by atoms with Gasteiger partial charge in [-0.25, -0.2) is 4.39 Å². The first-order valence-corrected chi connectivity index (χ1v) is 7.63. The van der Waals surface area contributed by atoms with Gasteiger partial charge in [0.05, 0.1) is 0 Å². The van der Waals surface area contributed by atoms with Gasteiger partial charge in [0.1, 0.15) is 5.82 Å². The molecule has 2 atom stereocenters. The number of unbranched alkanes of at least 4 members (excludes halogenated alkanes) is 1. The third-order valence-electron chi connectivity index (χ3n) is 3.73. The number of rotatable bonds is 9. The number of hydrogen-bond acceptors (Lipinski definition) is 1. The summed E-state index contributed by atoms with van der Waals surface area (Å²) >= 11 is 0. The molecular weight excluding hydrogens is 237 g/mol. The SMILES string of the molecule is CCCCC(CC)CNC(C)Cc1cccc(F)c1. The Morgan fingerprint density at radius 1 is 1.26 bits per heavy atom. The standard InChI is InChI=1S/C17H28FN/c1-4-6-8-15(5-2)13-19-14(3)11-16-9-7-10-17(18)12-16/h7,9-10,12,14-15,19H,4-6,8,11,13H2,1-3H3. The van der Waals surface area contributed by atoms with E-state index in [4.69, 9.17) is 0 Å². The van der Waals surface area contributed by atoms with Crippen molar-refractivity contribution in [1.29, 1.82) is 0 Å². The molecule has 0 saturated heterocycles. The summed E-state index contributed by atoms with van der Waals surface area (Å²) in [4.78, 5) is 0. The maximum absolute atomic E-state index is 13.1. The second kappa shape index (κ2) is 9.08. The molecule has 0 heterocycles. The normalized spacial score (nSPS) is 14.3. The summed E-state index contributed by atoms with van der Waals surface area (Å²) < 4.78 is 13.1. The Bertz CT molecular complexity index is 351. The fourth-order valence-electron chi connectivity index (χ4n) is 2.40. The Labute approximate surface area is 117 Å². The molecule has 2 unspecified atom stereocenters. The van der Waals surface area contributed by atoms with E-state index in [2.05, 4.69) is 26.1 Å². The van der Waals surface area contributed by atoms with Gasteiger partial charge in [0.2, 0.25) is 0 Å². The minimum absolute atomic E-state index is 0.140. The van der Waals surface area contributed by atoms with Crippen LogP contribution in [-0.2, 0) is 6.42 Å². The molecule has 19 heavy (non-hydrogen) atoms. The maximum Gasteiger partial charge on any atom is 0.123 e. The molecule has 0 bridgehead atoms. The number of benzene rings is 1. The van der Waals surface area contributed by atoms with Crippen LogP contribution in [0.5, 0.6) is 0 Å². The van der Waals surface area contributed by atoms with Gasteiger partial charge in [0.15, 0.2) is 0 Å². The van der Waals surface area contributed by atoms with Crippen LogP contribution in [0.25, 0.3) is 0 Å². The van der Waals surface area contributed by atoms with Gasteiger partial charge in [0.25, 0.3) is 0 Å². The van der Waals surface area contributed by atoms with Gasteiger partial charge < -0.3 is 5.32 Å². The molecule has 108 valence electrons. The lowest BCUT2D eigenvalue weighted by molar-refractivity contribution is 0.394. The quantitative estimate of drug-likeness (QED) is 0.690. The van der Waals surface area contributed by atoms with Crippen LogP contribution in [0.4, 0.5) is 4.39 Å². The minimum Gasteiger partial charge on any atom is -0.314 e. The van der Waals surface area contributed by atoms with Crippen LogP contribution in [0.3, 0.4) is 0 Å². The Hall–Kier alpha value is -0.890. The Balaban J connectivity index is 2.32. The predicted molar refractivity (Wildman–Crippen MR) is 80.9 cm³/mol. The lowest BCUT2D eigenvalue weighted by Crippen LogP contribution is -2.32. The fourth-order valence-corrected chi connectivity index (χ4v) is 2.40.